The molecule has 182 valence electrons. The summed E-state index contributed by atoms with van der Waals surface area (Å²) < 4.78 is 0. The second-order valence-electron chi connectivity index (χ2n) is 9.89. The number of piperidine rings is 1. The summed E-state index contributed by atoms with van der Waals surface area (Å²) in [4.78, 5) is 20.4. The number of anilines is 2. The Morgan fingerprint density at radius 3 is 2.15 bits per heavy atom. The molecule has 0 saturated carbocycles. The van der Waals surface area contributed by atoms with E-state index in [-0.39, 0.29) is 17.7 Å². The van der Waals surface area contributed by atoms with Gasteiger partial charge in [0.25, 0.3) is 5.91 Å². The standard InChI is InChI=1S/C26H42N6O/c1-28-24-20-22(32-14-4-2-3-5-15-32)8-9-23(24)25(27)26(33)29-21-10-16-31(17-11-21)19-18-30-12-6-7-13-30/h8-9,20-21,27-28H,2-7,10-19H2,1H3,(H,29,33). The summed E-state index contributed by atoms with van der Waals surface area (Å²) in [7, 11) is 1.87. The molecule has 33 heavy (non-hydrogen) atoms. The lowest BCUT2D eigenvalue weighted by Crippen LogP contribution is -2.47. The van der Waals surface area contributed by atoms with Crippen LogP contribution < -0.4 is 15.5 Å². The quantitative estimate of drug-likeness (QED) is 0.526. The molecule has 1 amide bonds. The van der Waals surface area contributed by atoms with Crippen LogP contribution in [0.15, 0.2) is 18.2 Å². The number of benzene rings is 1. The van der Waals surface area contributed by atoms with Crippen molar-refractivity contribution in [3.8, 4) is 0 Å². The van der Waals surface area contributed by atoms with Crippen LogP contribution in [0.3, 0.4) is 0 Å². The Labute approximate surface area is 199 Å². The van der Waals surface area contributed by atoms with Gasteiger partial charge >= 0.3 is 0 Å². The zero-order valence-electron chi connectivity index (χ0n) is 20.4. The molecule has 3 fully saturated rings. The largest absolute Gasteiger partial charge is 0.388 e. The Bertz CT molecular complexity index is 790. The molecule has 0 spiro atoms. The highest BCUT2D eigenvalue weighted by Crippen LogP contribution is 2.26. The molecule has 0 aromatic heterocycles. The molecular weight excluding hydrogens is 412 g/mol. The first-order chi connectivity index (χ1) is 16.1. The van der Waals surface area contributed by atoms with Crippen LogP contribution in [-0.2, 0) is 4.79 Å². The van der Waals surface area contributed by atoms with Gasteiger partial charge in [0.05, 0.1) is 0 Å². The Kier molecular flexibility index (Phi) is 8.62. The van der Waals surface area contributed by atoms with Crippen LogP contribution in [0.1, 0.15) is 56.9 Å². The third-order valence-electron chi connectivity index (χ3n) is 7.59. The van der Waals surface area contributed by atoms with E-state index in [1.807, 2.05) is 13.1 Å². The van der Waals surface area contributed by atoms with E-state index in [0.29, 0.717) is 5.56 Å². The molecule has 7 heteroatoms. The highest BCUT2D eigenvalue weighted by Gasteiger charge is 2.24. The zero-order valence-corrected chi connectivity index (χ0v) is 20.4. The topological polar surface area (TPSA) is 74.7 Å². The first kappa shape index (κ1) is 24.0. The Hall–Kier alpha value is -2.12. The smallest absolute Gasteiger partial charge is 0.270 e. The number of hydrogen-bond acceptors (Lipinski definition) is 6. The monoisotopic (exact) mass is 454 g/mol. The Morgan fingerprint density at radius 1 is 0.909 bits per heavy atom. The highest BCUT2D eigenvalue weighted by molar-refractivity contribution is 6.45. The molecule has 0 bridgehead atoms. The first-order valence-corrected chi connectivity index (χ1v) is 13.1. The summed E-state index contributed by atoms with van der Waals surface area (Å²) in [6.07, 6.45) is 9.67. The van der Waals surface area contributed by atoms with E-state index in [9.17, 15) is 4.79 Å². The molecule has 3 aliphatic heterocycles. The average Bonchev–Trinajstić information content (AvgIpc) is 3.23. The molecule has 4 rings (SSSR count). The normalized spacial score (nSPS) is 21.1. The molecular formula is C26H42N6O. The molecule has 3 aliphatic rings. The number of hydrogen-bond donors (Lipinski definition) is 3. The van der Waals surface area contributed by atoms with Crippen molar-refractivity contribution in [1.82, 2.24) is 15.1 Å². The van der Waals surface area contributed by atoms with E-state index in [2.05, 4.69) is 37.5 Å². The minimum atomic E-state index is -0.260. The maximum atomic E-state index is 12.9. The minimum absolute atomic E-state index is 0.0539. The van der Waals surface area contributed by atoms with Gasteiger partial charge in [-0.15, -0.1) is 0 Å². The van der Waals surface area contributed by atoms with Crippen molar-refractivity contribution in [3.63, 3.8) is 0 Å². The number of carbonyl (C=O) groups excluding carboxylic acids is 1. The van der Waals surface area contributed by atoms with Gasteiger partial charge in [0.1, 0.15) is 5.71 Å². The molecule has 7 nitrogen and oxygen atoms in total. The van der Waals surface area contributed by atoms with Crippen LogP contribution in [0, 0.1) is 5.41 Å². The predicted octanol–water partition coefficient (Wildman–Crippen LogP) is 3.15. The maximum absolute atomic E-state index is 12.9. The van der Waals surface area contributed by atoms with Gasteiger partial charge < -0.3 is 25.3 Å². The summed E-state index contributed by atoms with van der Waals surface area (Å²) in [6.45, 7) is 9.02. The summed E-state index contributed by atoms with van der Waals surface area (Å²) >= 11 is 0. The number of likely N-dealkylation sites (tertiary alicyclic amines) is 2. The number of carbonyl (C=O) groups is 1. The van der Waals surface area contributed by atoms with Crippen LogP contribution >= 0.6 is 0 Å². The summed E-state index contributed by atoms with van der Waals surface area (Å²) in [5.41, 5.74) is 2.77. The summed E-state index contributed by atoms with van der Waals surface area (Å²) in [5.74, 6) is -0.260. The van der Waals surface area contributed by atoms with Crippen molar-refractivity contribution < 1.29 is 4.79 Å². The van der Waals surface area contributed by atoms with Crippen LogP contribution in [0.5, 0.6) is 0 Å². The van der Waals surface area contributed by atoms with Gasteiger partial charge in [-0.3, -0.25) is 10.2 Å². The second kappa shape index (κ2) is 11.8. The van der Waals surface area contributed by atoms with Crippen LogP contribution in [-0.4, -0.2) is 86.9 Å². The van der Waals surface area contributed by atoms with E-state index < -0.39 is 0 Å². The fraction of sp³-hybridized carbons (Fsp3) is 0.692. The maximum Gasteiger partial charge on any atom is 0.270 e. The van der Waals surface area contributed by atoms with Crippen LogP contribution in [0.2, 0.25) is 0 Å². The van der Waals surface area contributed by atoms with Gasteiger partial charge in [0.2, 0.25) is 0 Å². The summed E-state index contributed by atoms with van der Waals surface area (Å²) in [6, 6.07) is 6.27. The number of rotatable bonds is 8. The van der Waals surface area contributed by atoms with Gasteiger partial charge in [-0.25, -0.2) is 0 Å². The molecule has 1 aromatic carbocycles. The molecule has 0 atom stereocenters. The van der Waals surface area contributed by atoms with E-state index in [0.717, 1.165) is 51.3 Å². The van der Waals surface area contributed by atoms with Crippen molar-refractivity contribution in [2.75, 3.05) is 69.6 Å². The third-order valence-corrected chi connectivity index (χ3v) is 7.59. The van der Waals surface area contributed by atoms with Gasteiger partial charge in [0, 0.05) is 69.3 Å². The van der Waals surface area contributed by atoms with Crippen molar-refractivity contribution in [3.05, 3.63) is 23.8 Å². The number of nitrogens with zero attached hydrogens (tertiary/aromatic N) is 3. The summed E-state index contributed by atoms with van der Waals surface area (Å²) in [5, 5.41) is 14.9. The lowest BCUT2D eigenvalue weighted by Gasteiger charge is -2.33. The van der Waals surface area contributed by atoms with Gasteiger partial charge in [0.15, 0.2) is 0 Å². The van der Waals surface area contributed by atoms with E-state index >= 15 is 0 Å². The fourth-order valence-corrected chi connectivity index (χ4v) is 5.45. The first-order valence-electron chi connectivity index (χ1n) is 13.1. The van der Waals surface area contributed by atoms with Gasteiger partial charge in [-0.1, -0.05) is 12.8 Å². The second-order valence-corrected chi connectivity index (χ2v) is 9.89. The predicted molar refractivity (Wildman–Crippen MR) is 137 cm³/mol. The van der Waals surface area contributed by atoms with E-state index in [4.69, 9.17) is 5.41 Å². The van der Waals surface area contributed by atoms with Crippen molar-refractivity contribution in [2.24, 2.45) is 0 Å². The van der Waals surface area contributed by atoms with Crippen molar-refractivity contribution in [1.29, 1.82) is 5.41 Å². The Balaban J connectivity index is 1.28. The van der Waals surface area contributed by atoms with Gasteiger partial charge in [-0.05, 0) is 69.8 Å². The van der Waals surface area contributed by atoms with Crippen LogP contribution in [0.25, 0.3) is 0 Å². The fourth-order valence-electron chi connectivity index (χ4n) is 5.45. The number of nitrogens with one attached hydrogen (secondary N) is 3. The molecule has 3 heterocycles. The van der Waals surface area contributed by atoms with E-state index in [1.54, 1.807) is 0 Å². The van der Waals surface area contributed by atoms with Gasteiger partial charge in [-0.2, -0.15) is 0 Å². The molecule has 0 radical (unpaired) electrons. The SMILES string of the molecule is CNc1cc(N2CCCCCC2)ccc1C(=N)C(=O)NC1CCN(CCN2CCCC2)CC1. The third kappa shape index (κ3) is 6.48. The Morgan fingerprint density at radius 2 is 1.52 bits per heavy atom. The van der Waals surface area contributed by atoms with E-state index in [1.165, 1.54) is 63.8 Å². The minimum Gasteiger partial charge on any atom is -0.388 e. The molecule has 3 N–H and O–H groups in total. The molecule has 0 unspecified atom stereocenters. The zero-order chi connectivity index (χ0) is 23.0. The number of amides is 1. The molecule has 1 aromatic rings. The highest BCUT2D eigenvalue weighted by atomic mass is 16.1. The van der Waals surface area contributed by atoms with Crippen molar-refractivity contribution in [2.45, 2.75) is 57.4 Å². The lowest BCUT2D eigenvalue weighted by atomic mass is 10.0. The molecule has 3 saturated heterocycles. The molecule has 0 aliphatic carbocycles. The average molecular weight is 455 g/mol. The van der Waals surface area contributed by atoms with Crippen molar-refractivity contribution >= 4 is 23.0 Å². The van der Waals surface area contributed by atoms with Crippen LogP contribution in [0.4, 0.5) is 11.4 Å². The lowest BCUT2D eigenvalue weighted by molar-refractivity contribution is -0.115.